The SMILES string of the molecule is O=C(CCc1nc(-c2ccncc2)no1)NC12CC3CC(CC(C3)C1)C2. The van der Waals surface area contributed by atoms with Gasteiger partial charge in [-0.15, -0.1) is 0 Å². The molecule has 0 aromatic carbocycles. The standard InChI is InChI=1S/C20H24N4O2/c25-17(23-20-10-13-7-14(11-20)9-15(8-13)12-20)1-2-18-22-19(24-26-18)16-3-5-21-6-4-16/h3-6,13-15H,1-2,7-12H2,(H,23,25). The number of aryl methyl sites for hydroxylation is 1. The van der Waals surface area contributed by atoms with E-state index < -0.39 is 0 Å². The quantitative estimate of drug-likeness (QED) is 0.894. The number of pyridine rings is 1. The van der Waals surface area contributed by atoms with Crippen molar-refractivity contribution in [2.24, 2.45) is 17.8 Å². The van der Waals surface area contributed by atoms with Crippen LogP contribution in [0, 0.1) is 17.8 Å². The van der Waals surface area contributed by atoms with Crippen molar-refractivity contribution in [3.05, 3.63) is 30.4 Å². The zero-order chi connectivity index (χ0) is 17.6. The molecule has 1 amide bonds. The Bertz CT molecular complexity index is 766. The molecule has 2 aromatic rings. The number of hydrogen-bond acceptors (Lipinski definition) is 5. The summed E-state index contributed by atoms with van der Waals surface area (Å²) in [7, 11) is 0. The number of aromatic nitrogens is 3. The van der Waals surface area contributed by atoms with Crippen LogP contribution in [0.1, 0.15) is 50.8 Å². The average molecular weight is 352 g/mol. The predicted octanol–water partition coefficient (Wildman–Crippen LogP) is 3.15. The largest absolute Gasteiger partial charge is 0.351 e. The van der Waals surface area contributed by atoms with Gasteiger partial charge in [-0.2, -0.15) is 4.98 Å². The van der Waals surface area contributed by atoms with Gasteiger partial charge >= 0.3 is 0 Å². The smallest absolute Gasteiger partial charge is 0.227 e. The van der Waals surface area contributed by atoms with Gasteiger partial charge in [0.2, 0.25) is 17.6 Å². The van der Waals surface area contributed by atoms with Crippen molar-refractivity contribution >= 4 is 5.91 Å². The number of hydrogen-bond donors (Lipinski definition) is 1. The van der Waals surface area contributed by atoms with E-state index in [2.05, 4.69) is 20.4 Å². The summed E-state index contributed by atoms with van der Waals surface area (Å²) in [6.45, 7) is 0. The lowest BCUT2D eigenvalue weighted by molar-refractivity contribution is -0.126. The zero-order valence-corrected chi connectivity index (χ0v) is 14.9. The highest BCUT2D eigenvalue weighted by Crippen LogP contribution is 2.55. The van der Waals surface area contributed by atoms with Gasteiger partial charge in [0, 0.05) is 36.3 Å². The molecule has 6 rings (SSSR count). The number of carbonyl (C=O) groups is 1. The third-order valence-electron chi connectivity index (χ3n) is 6.42. The van der Waals surface area contributed by atoms with Gasteiger partial charge < -0.3 is 9.84 Å². The Hall–Kier alpha value is -2.24. The molecule has 136 valence electrons. The minimum Gasteiger partial charge on any atom is -0.351 e. The van der Waals surface area contributed by atoms with Crippen LogP contribution in [0.3, 0.4) is 0 Å². The van der Waals surface area contributed by atoms with Gasteiger partial charge in [-0.25, -0.2) is 0 Å². The van der Waals surface area contributed by atoms with Crippen LogP contribution in [0.4, 0.5) is 0 Å². The average Bonchev–Trinajstić information content (AvgIpc) is 3.08. The van der Waals surface area contributed by atoms with Gasteiger partial charge in [0.05, 0.1) is 0 Å². The van der Waals surface area contributed by atoms with Crippen LogP contribution in [0.15, 0.2) is 29.0 Å². The van der Waals surface area contributed by atoms with Crippen LogP contribution in [-0.4, -0.2) is 26.6 Å². The predicted molar refractivity (Wildman–Crippen MR) is 94.9 cm³/mol. The normalized spacial score (nSPS) is 31.9. The van der Waals surface area contributed by atoms with Crippen LogP contribution >= 0.6 is 0 Å². The van der Waals surface area contributed by atoms with Crippen molar-refractivity contribution in [2.75, 3.05) is 0 Å². The number of amides is 1. The molecule has 4 aliphatic rings. The van der Waals surface area contributed by atoms with E-state index in [0.717, 1.165) is 23.3 Å². The summed E-state index contributed by atoms with van der Waals surface area (Å²) in [6, 6.07) is 3.68. The summed E-state index contributed by atoms with van der Waals surface area (Å²) in [5, 5.41) is 7.40. The molecule has 26 heavy (non-hydrogen) atoms. The lowest BCUT2D eigenvalue weighted by Gasteiger charge is -2.56. The van der Waals surface area contributed by atoms with Crippen LogP contribution in [0.5, 0.6) is 0 Å². The summed E-state index contributed by atoms with van der Waals surface area (Å²) in [5.74, 6) is 3.68. The first-order chi connectivity index (χ1) is 12.7. The van der Waals surface area contributed by atoms with Gasteiger partial charge in [0.15, 0.2) is 0 Å². The molecule has 6 heteroatoms. The van der Waals surface area contributed by atoms with E-state index in [1.54, 1.807) is 12.4 Å². The fourth-order valence-corrected chi connectivity index (χ4v) is 5.82. The van der Waals surface area contributed by atoms with Gasteiger partial charge in [-0.1, -0.05) is 5.16 Å². The molecule has 0 atom stereocenters. The molecule has 0 unspecified atom stereocenters. The molecule has 4 saturated carbocycles. The highest BCUT2D eigenvalue weighted by atomic mass is 16.5. The minimum absolute atomic E-state index is 0.0723. The third-order valence-corrected chi connectivity index (χ3v) is 6.42. The van der Waals surface area contributed by atoms with Gasteiger partial charge in [-0.3, -0.25) is 9.78 Å². The Kier molecular flexibility index (Phi) is 3.80. The van der Waals surface area contributed by atoms with E-state index >= 15 is 0 Å². The molecule has 0 saturated heterocycles. The first-order valence-electron chi connectivity index (χ1n) is 9.71. The Balaban J connectivity index is 1.19. The molecular weight excluding hydrogens is 328 g/mol. The van der Waals surface area contributed by atoms with Crippen molar-refractivity contribution in [1.29, 1.82) is 0 Å². The third kappa shape index (κ3) is 3.02. The van der Waals surface area contributed by atoms with E-state index in [9.17, 15) is 4.79 Å². The summed E-state index contributed by atoms with van der Waals surface area (Å²) in [4.78, 5) is 20.9. The van der Waals surface area contributed by atoms with E-state index in [-0.39, 0.29) is 11.4 Å². The van der Waals surface area contributed by atoms with Crippen LogP contribution in [0.25, 0.3) is 11.4 Å². The molecule has 6 nitrogen and oxygen atoms in total. The van der Waals surface area contributed by atoms with Crippen LogP contribution in [0.2, 0.25) is 0 Å². The molecule has 2 aromatic heterocycles. The molecule has 1 N–H and O–H groups in total. The first kappa shape index (κ1) is 16.0. The maximum absolute atomic E-state index is 12.6. The molecule has 4 bridgehead atoms. The fourth-order valence-electron chi connectivity index (χ4n) is 5.82. The maximum atomic E-state index is 12.6. The van der Waals surface area contributed by atoms with E-state index in [1.807, 2.05) is 12.1 Å². The Labute approximate surface area is 152 Å². The highest BCUT2D eigenvalue weighted by molar-refractivity contribution is 5.77. The number of rotatable bonds is 5. The summed E-state index contributed by atoms with van der Waals surface area (Å²) >= 11 is 0. The molecule has 4 fully saturated rings. The second-order valence-electron chi connectivity index (χ2n) is 8.49. The van der Waals surface area contributed by atoms with Crippen molar-refractivity contribution in [3.8, 4) is 11.4 Å². The number of nitrogens with zero attached hydrogens (tertiary/aromatic N) is 3. The van der Waals surface area contributed by atoms with Gasteiger partial charge in [-0.05, 0) is 68.4 Å². The van der Waals surface area contributed by atoms with E-state index in [0.29, 0.717) is 24.6 Å². The van der Waals surface area contributed by atoms with E-state index in [4.69, 9.17) is 4.52 Å². The molecule has 4 aliphatic carbocycles. The van der Waals surface area contributed by atoms with Gasteiger partial charge in [0.25, 0.3) is 0 Å². The van der Waals surface area contributed by atoms with Crippen LogP contribution in [-0.2, 0) is 11.2 Å². The monoisotopic (exact) mass is 352 g/mol. The molecule has 0 spiro atoms. The van der Waals surface area contributed by atoms with E-state index in [1.165, 1.54) is 38.5 Å². The highest BCUT2D eigenvalue weighted by Gasteiger charge is 2.51. The molecular formula is C20H24N4O2. The van der Waals surface area contributed by atoms with Crippen molar-refractivity contribution in [3.63, 3.8) is 0 Å². The summed E-state index contributed by atoms with van der Waals surface area (Å²) in [6.07, 6.45) is 12.0. The van der Waals surface area contributed by atoms with Crippen molar-refractivity contribution in [1.82, 2.24) is 20.4 Å². The molecule has 2 heterocycles. The van der Waals surface area contributed by atoms with Crippen LogP contribution < -0.4 is 5.32 Å². The fraction of sp³-hybridized carbons (Fsp3) is 0.600. The molecule has 0 radical (unpaired) electrons. The van der Waals surface area contributed by atoms with Crippen molar-refractivity contribution < 1.29 is 9.32 Å². The Morgan fingerprint density at radius 1 is 1.12 bits per heavy atom. The zero-order valence-electron chi connectivity index (χ0n) is 14.9. The molecule has 0 aliphatic heterocycles. The number of carbonyl (C=O) groups excluding carboxylic acids is 1. The Morgan fingerprint density at radius 2 is 1.77 bits per heavy atom. The summed E-state index contributed by atoms with van der Waals surface area (Å²) < 4.78 is 5.30. The summed E-state index contributed by atoms with van der Waals surface area (Å²) in [5.41, 5.74) is 0.941. The second-order valence-corrected chi connectivity index (χ2v) is 8.49. The first-order valence-corrected chi connectivity index (χ1v) is 9.71. The Morgan fingerprint density at radius 3 is 2.42 bits per heavy atom. The number of nitrogens with one attached hydrogen (secondary N) is 1. The topological polar surface area (TPSA) is 80.9 Å². The second kappa shape index (κ2) is 6.18. The minimum atomic E-state index is 0.0723. The lowest BCUT2D eigenvalue weighted by Crippen LogP contribution is -2.59. The maximum Gasteiger partial charge on any atom is 0.227 e. The van der Waals surface area contributed by atoms with Gasteiger partial charge in [0.1, 0.15) is 0 Å². The lowest BCUT2D eigenvalue weighted by atomic mass is 9.53. The van der Waals surface area contributed by atoms with Crippen molar-refractivity contribution in [2.45, 2.75) is 56.9 Å².